The SMILES string of the molecule is CC(=O)C(=O)N(CC1CCNC1=O)NC(=O)Cn1cccc(NC(=O)OC(C)(C)C)c1=O.CC1CC1. The van der Waals surface area contributed by atoms with Crippen molar-refractivity contribution in [2.24, 2.45) is 11.8 Å². The lowest BCUT2D eigenvalue weighted by molar-refractivity contribution is -0.150. The number of nitrogens with one attached hydrogen (secondary N) is 3. The Labute approximate surface area is 209 Å². The van der Waals surface area contributed by atoms with E-state index in [1.165, 1.54) is 31.2 Å². The van der Waals surface area contributed by atoms with Crippen molar-refractivity contribution in [2.45, 2.75) is 66.0 Å². The molecule has 1 saturated heterocycles. The summed E-state index contributed by atoms with van der Waals surface area (Å²) >= 11 is 0. The van der Waals surface area contributed by atoms with Gasteiger partial charge in [-0.05, 0) is 45.2 Å². The van der Waals surface area contributed by atoms with Crippen LogP contribution in [-0.2, 0) is 30.5 Å². The summed E-state index contributed by atoms with van der Waals surface area (Å²) in [4.78, 5) is 72.5. The molecule has 1 saturated carbocycles. The van der Waals surface area contributed by atoms with Gasteiger partial charge in [-0.1, -0.05) is 19.8 Å². The standard InChI is InChI=1S/C20H27N5O7.C4H8/c1-12(26)17(29)25(10-13-7-8-21-16(13)28)23-15(27)11-24-9-5-6-14(18(24)30)22-19(31)32-20(2,3)4;1-4-2-3-4/h5-6,9,13H,7-8,10-11H2,1-4H3,(H,21,28)(H,22,31)(H,23,27);4H,2-3H2,1H3. The molecule has 0 spiro atoms. The second-order valence-electron chi connectivity index (χ2n) is 9.95. The van der Waals surface area contributed by atoms with Crippen LogP contribution in [0.4, 0.5) is 10.5 Å². The summed E-state index contributed by atoms with van der Waals surface area (Å²) in [5.74, 6) is -2.33. The number of hydrogen-bond acceptors (Lipinski definition) is 7. The fraction of sp³-hybridized carbons (Fsp3) is 0.583. The van der Waals surface area contributed by atoms with Crippen LogP contribution in [-0.4, -0.2) is 57.9 Å². The van der Waals surface area contributed by atoms with Crippen LogP contribution in [0.3, 0.4) is 0 Å². The number of Topliss-reactive ketones (excluding diaryl/α,β-unsaturated/α-hetero) is 1. The lowest BCUT2D eigenvalue weighted by Crippen LogP contribution is -2.52. The Hall–Kier alpha value is -3.70. The monoisotopic (exact) mass is 505 g/mol. The highest BCUT2D eigenvalue weighted by atomic mass is 16.6. The predicted molar refractivity (Wildman–Crippen MR) is 131 cm³/mol. The first kappa shape index (κ1) is 28.5. The molecule has 0 radical (unpaired) electrons. The Bertz CT molecular complexity index is 1060. The summed E-state index contributed by atoms with van der Waals surface area (Å²) in [6, 6.07) is 2.80. The van der Waals surface area contributed by atoms with Gasteiger partial charge in [0.1, 0.15) is 17.8 Å². The number of amides is 4. The number of anilines is 1. The molecule has 0 aromatic carbocycles. The zero-order valence-electron chi connectivity index (χ0n) is 21.4. The molecule has 198 valence electrons. The molecule has 2 heterocycles. The van der Waals surface area contributed by atoms with Crippen molar-refractivity contribution < 1.29 is 28.7 Å². The number of nitrogens with zero attached hydrogens (tertiary/aromatic N) is 2. The third kappa shape index (κ3) is 9.51. The minimum absolute atomic E-state index is 0.103. The fourth-order valence-corrected chi connectivity index (χ4v) is 3.09. The van der Waals surface area contributed by atoms with Crippen molar-refractivity contribution in [1.82, 2.24) is 20.3 Å². The molecule has 2 aliphatic rings. The zero-order chi connectivity index (χ0) is 27.0. The number of carbonyl (C=O) groups excluding carboxylic acids is 5. The van der Waals surface area contributed by atoms with Gasteiger partial charge in [0, 0.05) is 19.7 Å². The van der Waals surface area contributed by atoms with E-state index in [-0.39, 0.29) is 18.1 Å². The van der Waals surface area contributed by atoms with Crippen LogP contribution >= 0.6 is 0 Å². The number of rotatable bonds is 6. The first-order valence-corrected chi connectivity index (χ1v) is 11.9. The van der Waals surface area contributed by atoms with E-state index in [2.05, 4.69) is 23.0 Å². The molecule has 1 aliphatic carbocycles. The average Bonchev–Trinajstić information content (AvgIpc) is 3.44. The predicted octanol–water partition coefficient (Wildman–Crippen LogP) is 1.20. The highest BCUT2D eigenvalue weighted by Crippen LogP contribution is 2.26. The lowest BCUT2D eigenvalue weighted by Gasteiger charge is -2.24. The van der Waals surface area contributed by atoms with Crippen molar-refractivity contribution >= 4 is 35.3 Å². The largest absolute Gasteiger partial charge is 0.444 e. The van der Waals surface area contributed by atoms with Gasteiger partial charge in [0.25, 0.3) is 11.5 Å². The van der Waals surface area contributed by atoms with Gasteiger partial charge in [0.15, 0.2) is 0 Å². The van der Waals surface area contributed by atoms with Crippen LogP contribution in [0, 0.1) is 11.8 Å². The van der Waals surface area contributed by atoms with Gasteiger partial charge < -0.3 is 14.6 Å². The van der Waals surface area contributed by atoms with Crippen LogP contribution < -0.4 is 21.6 Å². The van der Waals surface area contributed by atoms with Gasteiger partial charge in [-0.25, -0.2) is 9.80 Å². The first-order valence-electron chi connectivity index (χ1n) is 11.9. The normalized spacial score (nSPS) is 16.7. The van der Waals surface area contributed by atoms with Crippen molar-refractivity contribution in [3.63, 3.8) is 0 Å². The van der Waals surface area contributed by atoms with E-state index in [0.717, 1.165) is 22.4 Å². The van der Waals surface area contributed by atoms with E-state index in [1.807, 2.05) is 0 Å². The van der Waals surface area contributed by atoms with Gasteiger partial charge in [-0.15, -0.1) is 0 Å². The molecule has 4 amide bonds. The Morgan fingerprint density at radius 2 is 1.81 bits per heavy atom. The minimum Gasteiger partial charge on any atom is -0.444 e. The van der Waals surface area contributed by atoms with E-state index >= 15 is 0 Å². The van der Waals surface area contributed by atoms with E-state index < -0.39 is 47.3 Å². The van der Waals surface area contributed by atoms with E-state index in [4.69, 9.17) is 4.74 Å². The van der Waals surface area contributed by atoms with Crippen molar-refractivity contribution in [3.05, 3.63) is 28.7 Å². The average molecular weight is 506 g/mol. The molecule has 1 aliphatic heterocycles. The topological polar surface area (TPSA) is 156 Å². The third-order valence-electron chi connectivity index (χ3n) is 5.21. The molecule has 12 heteroatoms. The number of aromatic nitrogens is 1. The van der Waals surface area contributed by atoms with E-state index in [1.54, 1.807) is 20.8 Å². The maximum Gasteiger partial charge on any atom is 0.412 e. The number of pyridine rings is 1. The summed E-state index contributed by atoms with van der Waals surface area (Å²) in [6.07, 6.45) is 3.92. The molecule has 2 fully saturated rings. The van der Waals surface area contributed by atoms with E-state index in [9.17, 15) is 28.8 Å². The number of hydrazine groups is 1. The van der Waals surface area contributed by atoms with Gasteiger partial charge >= 0.3 is 12.0 Å². The number of carbonyl (C=O) groups is 5. The Morgan fingerprint density at radius 1 is 1.17 bits per heavy atom. The second kappa shape index (κ2) is 12.3. The van der Waals surface area contributed by atoms with Crippen LogP contribution in [0.15, 0.2) is 23.1 Å². The highest BCUT2D eigenvalue weighted by Gasteiger charge is 2.30. The summed E-state index contributed by atoms with van der Waals surface area (Å²) in [6.45, 7) is 8.10. The van der Waals surface area contributed by atoms with Crippen molar-refractivity contribution in [3.8, 4) is 0 Å². The molecule has 36 heavy (non-hydrogen) atoms. The molecule has 1 unspecified atom stereocenters. The minimum atomic E-state index is -0.981. The lowest BCUT2D eigenvalue weighted by atomic mass is 10.1. The molecule has 1 atom stereocenters. The van der Waals surface area contributed by atoms with Gasteiger partial charge in [-0.3, -0.25) is 34.7 Å². The summed E-state index contributed by atoms with van der Waals surface area (Å²) in [5.41, 5.74) is 0.746. The highest BCUT2D eigenvalue weighted by molar-refractivity contribution is 6.35. The van der Waals surface area contributed by atoms with E-state index in [0.29, 0.717) is 13.0 Å². The molecule has 3 rings (SSSR count). The fourth-order valence-electron chi connectivity index (χ4n) is 3.09. The maximum atomic E-state index is 12.6. The molecular formula is C24H35N5O7. The quantitative estimate of drug-likeness (QED) is 0.387. The number of ketones is 1. The van der Waals surface area contributed by atoms with Crippen molar-refractivity contribution in [2.75, 3.05) is 18.4 Å². The Kier molecular flexibility index (Phi) is 9.76. The van der Waals surface area contributed by atoms with Crippen LogP contribution in [0.5, 0.6) is 0 Å². The molecule has 0 bridgehead atoms. The van der Waals surface area contributed by atoms with Gasteiger partial charge in [0.05, 0.1) is 12.5 Å². The summed E-state index contributed by atoms with van der Waals surface area (Å²) < 4.78 is 6.12. The van der Waals surface area contributed by atoms with Crippen LogP contribution in [0.25, 0.3) is 0 Å². The number of hydrogen-bond donors (Lipinski definition) is 3. The first-order chi connectivity index (χ1) is 16.8. The van der Waals surface area contributed by atoms with Crippen molar-refractivity contribution in [1.29, 1.82) is 0 Å². The van der Waals surface area contributed by atoms with Gasteiger partial charge in [0.2, 0.25) is 11.7 Å². The molecule has 3 N–H and O–H groups in total. The molecule has 12 nitrogen and oxygen atoms in total. The summed E-state index contributed by atoms with van der Waals surface area (Å²) in [7, 11) is 0. The zero-order valence-corrected chi connectivity index (χ0v) is 21.4. The smallest absolute Gasteiger partial charge is 0.412 e. The Morgan fingerprint density at radius 3 is 2.31 bits per heavy atom. The second-order valence-corrected chi connectivity index (χ2v) is 9.95. The Balaban J connectivity index is 0.00000103. The molecule has 1 aromatic rings. The summed E-state index contributed by atoms with van der Waals surface area (Å²) in [5, 5.41) is 5.73. The third-order valence-corrected chi connectivity index (χ3v) is 5.21. The number of ether oxygens (including phenoxy) is 1. The van der Waals surface area contributed by atoms with Crippen LogP contribution in [0.2, 0.25) is 0 Å². The van der Waals surface area contributed by atoms with Gasteiger partial charge in [-0.2, -0.15) is 0 Å². The maximum absolute atomic E-state index is 12.6. The molecular weight excluding hydrogens is 470 g/mol. The van der Waals surface area contributed by atoms with Crippen LogP contribution in [0.1, 0.15) is 53.9 Å². The molecule has 1 aromatic heterocycles.